The molecular weight excluding hydrogens is 364 g/mol. The summed E-state index contributed by atoms with van der Waals surface area (Å²) in [4.78, 5) is 21.5. The second-order valence-corrected chi connectivity index (χ2v) is 7.12. The molecule has 3 aromatic rings. The molecule has 0 unspecified atom stereocenters. The number of nitriles is 1. The molecule has 0 atom stereocenters. The largest absolute Gasteiger partial charge is 0.368 e. The number of amides is 2. The van der Waals surface area contributed by atoms with Crippen LogP contribution in [0.25, 0.3) is 10.9 Å². The van der Waals surface area contributed by atoms with E-state index in [0.717, 1.165) is 42.8 Å². The second kappa shape index (κ2) is 8.17. The molecule has 1 fully saturated rings. The van der Waals surface area contributed by atoms with Crippen molar-refractivity contribution in [3.8, 4) is 6.07 Å². The third kappa shape index (κ3) is 4.28. The number of rotatable bonds is 3. The van der Waals surface area contributed by atoms with E-state index >= 15 is 0 Å². The Morgan fingerprint density at radius 1 is 1.03 bits per heavy atom. The van der Waals surface area contributed by atoms with Crippen molar-refractivity contribution in [1.29, 1.82) is 5.26 Å². The third-order valence-corrected chi connectivity index (χ3v) is 5.07. The lowest BCUT2D eigenvalue weighted by atomic mass is 10.1. The third-order valence-electron chi connectivity index (χ3n) is 5.07. The predicted octanol–water partition coefficient (Wildman–Crippen LogP) is 3.50. The number of benzene rings is 2. The molecule has 1 aromatic heterocycles. The summed E-state index contributed by atoms with van der Waals surface area (Å²) < 4.78 is 0. The lowest BCUT2D eigenvalue weighted by Crippen LogP contribution is -2.44. The van der Waals surface area contributed by atoms with Gasteiger partial charge in [-0.05, 0) is 49.5 Å². The Balaban J connectivity index is 1.54. The summed E-state index contributed by atoms with van der Waals surface area (Å²) in [7, 11) is 2.13. The number of piperazine rings is 1. The van der Waals surface area contributed by atoms with Gasteiger partial charge in [-0.1, -0.05) is 6.07 Å². The maximum absolute atomic E-state index is 12.4. The van der Waals surface area contributed by atoms with Gasteiger partial charge in [0, 0.05) is 54.8 Å². The van der Waals surface area contributed by atoms with Crippen LogP contribution in [0.3, 0.4) is 0 Å². The number of likely N-dealkylation sites (N-methyl/N-ethyl adjacent to an activating group) is 1. The van der Waals surface area contributed by atoms with Crippen molar-refractivity contribution in [1.82, 2.24) is 9.88 Å². The molecule has 2 amide bonds. The SMILES string of the molecule is CN1CCN(c2ccnc3ccc(NC(=O)Nc4cccc(C#N)c4)cc23)CC1. The van der Waals surface area contributed by atoms with Crippen molar-refractivity contribution >= 4 is 34.0 Å². The summed E-state index contributed by atoms with van der Waals surface area (Å²) in [6.07, 6.45) is 1.83. The van der Waals surface area contributed by atoms with E-state index in [0.29, 0.717) is 16.9 Å². The van der Waals surface area contributed by atoms with Crippen LogP contribution < -0.4 is 15.5 Å². The average Bonchev–Trinajstić information content (AvgIpc) is 2.74. The van der Waals surface area contributed by atoms with Gasteiger partial charge in [-0.3, -0.25) is 4.98 Å². The lowest BCUT2D eigenvalue weighted by Gasteiger charge is -2.34. The molecule has 2 N–H and O–H groups in total. The molecule has 0 saturated carbocycles. The number of carbonyl (C=O) groups is 1. The summed E-state index contributed by atoms with van der Waals surface area (Å²) in [6, 6.07) is 16.3. The molecule has 1 aliphatic heterocycles. The summed E-state index contributed by atoms with van der Waals surface area (Å²) >= 11 is 0. The number of urea groups is 1. The van der Waals surface area contributed by atoms with E-state index in [4.69, 9.17) is 5.26 Å². The van der Waals surface area contributed by atoms with Crippen molar-refractivity contribution in [3.63, 3.8) is 0 Å². The second-order valence-electron chi connectivity index (χ2n) is 7.12. The van der Waals surface area contributed by atoms with E-state index in [2.05, 4.69) is 38.5 Å². The number of anilines is 3. The van der Waals surface area contributed by atoms with Gasteiger partial charge in [-0.25, -0.2) is 4.79 Å². The van der Waals surface area contributed by atoms with Gasteiger partial charge >= 0.3 is 6.03 Å². The maximum atomic E-state index is 12.4. The van der Waals surface area contributed by atoms with Crippen LogP contribution in [0, 0.1) is 11.3 Å². The van der Waals surface area contributed by atoms with Gasteiger partial charge in [0.05, 0.1) is 17.1 Å². The summed E-state index contributed by atoms with van der Waals surface area (Å²) in [6.45, 7) is 3.96. The van der Waals surface area contributed by atoms with Crippen LogP contribution >= 0.6 is 0 Å². The Labute approximate surface area is 169 Å². The maximum Gasteiger partial charge on any atom is 0.323 e. The smallest absolute Gasteiger partial charge is 0.323 e. The van der Waals surface area contributed by atoms with Crippen LogP contribution in [0.15, 0.2) is 54.7 Å². The van der Waals surface area contributed by atoms with E-state index in [1.807, 2.05) is 30.5 Å². The van der Waals surface area contributed by atoms with Gasteiger partial charge in [0.1, 0.15) is 0 Å². The Morgan fingerprint density at radius 3 is 2.55 bits per heavy atom. The first kappa shape index (κ1) is 18.7. The summed E-state index contributed by atoms with van der Waals surface area (Å²) in [5.41, 5.74) is 3.79. The Kier molecular flexibility index (Phi) is 5.27. The normalized spacial score (nSPS) is 14.4. The fraction of sp³-hybridized carbons (Fsp3) is 0.227. The molecule has 29 heavy (non-hydrogen) atoms. The topological polar surface area (TPSA) is 84.3 Å². The number of aromatic nitrogens is 1. The fourth-order valence-electron chi connectivity index (χ4n) is 3.49. The summed E-state index contributed by atoms with van der Waals surface area (Å²) in [5.74, 6) is 0. The van der Waals surface area contributed by atoms with Crippen LogP contribution in [-0.4, -0.2) is 49.1 Å². The van der Waals surface area contributed by atoms with E-state index in [9.17, 15) is 4.79 Å². The average molecular weight is 386 g/mol. The minimum absolute atomic E-state index is 0.357. The van der Waals surface area contributed by atoms with E-state index < -0.39 is 0 Å². The highest BCUT2D eigenvalue weighted by Crippen LogP contribution is 2.28. The highest BCUT2D eigenvalue weighted by molar-refractivity contribution is 6.02. The standard InChI is InChI=1S/C22H22N6O/c1-27-9-11-28(12-10-27)21-7-8-24-20-6-5-18(14-19(20)21)26-22(29)25-17-4-2-3-16(13-17)15-23/h2-8,13-14H,9-12H2,1H3,(H2,25,26,29). The number of nitrogens with zero attached hydrogens (tertiary/aromatic N) is 4. The highest BCUT2D eigenvalue weighted by Gasteiger charge is 2.17. The van der Waals surface area contributed by atoms with Crippen LogP contribution in [0.5, 0.6) is 0 Å². The molecule has 146 valence electrons. The Morgan fingerprint density at radius 2 is 1.79 bits per heavy atom. The Hall–Kier alpha value is -3.63. The highest BCUT2D eigenvalue weighted by atomic mass is 16.2. The fourth-order valence-corrected chi connectivity index (χ4v) is 3.49. The number of nitrogens with one attached hydrogen (secondary N) is 2. The van der Waals surface area contributed by atoms with Gasteiger partial charge in [0.2, 0.25) is 0 Å². The predicted molar refractivity (Wildman–Crippen MR) is 115 cm³/mol. The molecular formula is C22H22N6O. The molecule has 7 heteroatoms. The number of carbonyl (C=O) groups excluding carboxylic acids is 1. The number of pyridine rings is 1. The van der Waals surface area contributed by atoms with Crippen molar-refractivity contribution < 1.29 is 4.79 Å². The molecule has 0 radical (unpaired) electrons. The van der Waals surface area contributed by atoms with Crippen molar-refractivity contribution in [2.24, 2.45) is 0 Å². The van der Waals surface area contributed by atoms with Gasteiger partial charge in [0.25, 0.3) is 0 Å². The van der Waals surface area contributed by atoms with Crippen molar-refractivity contribution in [2.75, 3.05) is 48.8 Å². The molecule has 2 heterocycles. The first-order valence-corrected chi connectivity index (χ1v) is 9.53. The van der Waals surface area contributed by atoms with Gasteiger partial charge < -0.3 is 20.4 Å². The first-order valence-electron chi connectivity index (χ1n) is 9.53. The molecule has 7 nitrogen and oxygen atoms in total. The van der Waals surface area contributed by atoms with Gasteiger partial charge in [0.15, 0.2) is 0 Å². The zero-order valence-corrected chi connectivity index (χ0v) is 16.2. The number of hydrogen-bond donors (Lipinski definition) is 2. The van der Waals surface area contributed by atoms with Crippen LogP contribution in [0.2, 0.25) is 0 Å². The van der Waals surface area contributed by atoms with Gasteiger partial charge in [-0.2, -0.15) is 5.26 Å². The van der Waals surface area contributed by atoms with Crippen LogP contribution in [-0.2, 0) is 0 Å². The molecule has 4 rings (SSSR count). The Bertz CT molecular complexity index is 1080. The minimum atomic E-state index is -0.357. The quantitative estimate of drug-likeness (QED) is 0.720. The van der Waals surface area contributed by atoms with E-state index in [1.165, 1.54) is 0 Å². The molecule has 1 saturated heterocycles. The minimum Gasteiger partial charge on any atom is -0.368 e. The molecule has 2 aromatic carbocycles. The number of hydrogen-bond acceptors (Lipinski definition) is 5. The molecule has 0 bridgehead atoms. The van der Waals surface area contributed by atoms with Crippen molar-refractivity contribution in [2.45, 2.75) is 0 Å². The van der Waals surface area contributed by atoms with E-state index in [-0.39, 0.29) is 6.03 Å². The number of fused-ring (bicyclic) bond motifs is 1. The molecule has 1 aliphatic rings. The van der Waals surface area contributed by atoms with Crippen LogP contribution in [0.4, 0.5) is 21.9 Å². The zero-order chi connectivity index (χ0) is 20.2. The molecule has 0 spiro atoms. The summed E-state index contributed by atoms with van der Waals surface area (Å²) in [5, 5.41) is 15.6. The van der Waals surface area contributed by atoms with Gasteiger partial charge in [-0.15, -0.1) is 0 Å². The first-order chi connectivity index (χ1) is 14.1. The van der Waals surface area contributed by atoms with Crippen LogP contribution in [0.1, 0.15) is 5.56 Å². The monoisotopic (exact) mass is 386 g/mol. The lowest BCUT2D eigenvalue weighted by molar-refractivity contribution is 0.262. The zero-order valence-electron chi connectivity index (χ0n) is 16.2. The van der Waals surface area contributed by atoms with Crippen molar-refractivity contribution in [3.05, 3.63) is 60.3 Å². The van der Waals surface area contributed by atoms with E-state index in [1.54, 1.807) is 24.3 Å². The molecule has 0 aliphatic carbocycles.